The van der Waals surface area contributed by atoms with Gasteiger partial charge < -0.3 is 21.3 Å². The van der Waals surface area contributed by atoms with Crippen LogP contribution in [0, 0.1) is 0 Å². The van der Waals surface area contributed by atoms with Crippen LogP contribution in [-0.4, -0.2) is 48.9 Å². The fourth-order valence-electron chi connectivity index (χ4n) is 2.05. The van der Waals surface area contributed by atoms with E-state index in [1.165, 1.54) is 11.3 Å². The van der Waals surface area contributed by atoms with Gasteiger partial charge in [0.1, 0.15) is 10.7 Å². The standard InChI is InChI=1S/C17H23N5O2S/c1-22(2)8-7-19-16(23)13-5-3-12(4-6-13)10-20-17(24)14-11-25-15(9-18)21-14/h3-6,11H,7-10,18H2,1-2H3,(H,19,23)(H,20,24). The maximum atomic E-state index is 12.0. The monoisotopic (exact) mass is 361 g/mol. The van der Waals surface area contributed by atoms with Crippen LogP contribution in [0.1, 0.15) is 31.4 Å². The fraction of sp³-hybridized carbons (Fsp3) is 0.353. The zero-order valence-electron chi connectivity index (χ0n) is 14.4. The largest absolute Gasteiger partial charge is 0.351 e. The molecule has 1 aromatic carbocycles. The van der Waals surface area contributed by atoms with Crippen molar-refractivity contribution in [2.45, 2.75) is 13.1 Å². The highest BCUT2D eigenvalue weighted by atomic mass is 32.1. The molecule has 0 aliphatic rings. The number of hydrogen-bond donors (Lipinski definition) is 3. The number of aromatic nitrogens is 1. The Morgan fingerprint density at radius 2 is 1.88 bits per heavy atom. The zero-order chi connectivity index (χ0) is 18.2. The molecule has 0 saturated heterocycles. The molecule has 2 rings (SSSR count). The number of nitrogens with one attached hydrogen (secondary N) is 2. The first-order valence-electron chi connectivity index (χ1n) is 7.94. The van der Waals surface area contributed by atoms with Gasteiger partial charge >= 0.3 is 0 Å². The molecule has 0 bridgehead atoms. The van der Waals surface area contributed by atoms with E-state index < -0.39 is 0 Å². The van der Waals surface area contributed by atoms with Gasteiger partial charge in [-0.2, -0.15) is 0 Å². The van der Waals surface area contributed by atoms with Crippen LogP contribution >= 0.6 is 11.3 Å². The van der Waals surface area contributed by atoms with Crippen LogP contribution in [0.2, 0.25) is 0 Å². The molecule has 0 fully saturated rings. The lowest BCUT2D eigenvalue weighted by Crippen LogP contribution is -2.31. The van der Waals surface area contributed by atoms with E-state index in [0.717, 1.165) is 17.1 Å². The number of nitrogens with two attached hydrogens (primary N) is 1. The van der Waals surface area contributed by atoms with Crippen LogP contribution < -0.4 is 16.4 Å². The van der Waals surface area contributed by atoms with Gasteiger partial charge in [0.2, 0.25) is 0 Å². The van der Waals surface area contributed by atoms with Gasteiger partial charge in [0.25, 0.3) is 11.8 Å². The smallest absolute Gasteiger partial charge is 0.271 e. The number of amides is 2. The molecule has 0 aliphatic carbocycles. The molecule has 25 heavy (non-hydrogen) atoms. The Hall–Kier alpha value is -2.29. The molecule has 0 aliphatic heterocycles. The van der Waals surface area contributed by atoms with E-state index >= 15 is 0 Å². The van der Waals surface area contributed by atoms with Crippen molar-refractivity contribution in [2.24, 2.45) is 5.73 Å². The predicted molar refractivity (Wildman–Crippen MR) is 98.5 cm³/mol. The summed E-state index contributed by atoms with van der Waals surface area (Å²) < 4.78 is 0. The van der Waals surface area contributed by atoms with Gasteiger partial charge in [-0.25, -0.2) is 4.98 Å². The van der Waals surface area contributed by atoms with E-state index in [1.54, 1.807) is 17.5 Å². The Morgan fingerprint density at radius 3 is 2.48 bits per heavy atom. The number of hydrogen-bond acceptors (Lipinski definition) is 6. The molecule has 7 nitrogen and oxygen atoms in total. The fourth-order valence-corrected chi connectivity index (χ4v) is 2.71. The van der Waals surface area contributed by atoms with Crippen LogP contribution in [0.5, 0.6) is 0 Å². The van der Waals surface area contributed by atoms with Crippen molar-refractivity contribution in [3.05, 3.63) is 51.5 Å². The first-order chi connectivity index (χ1) is 12.0. The van der Waals surface area contributed by atoms with Crippen LogP contribution in [0.4, 0.5) is 0 Å². The molecule has 0 saturated carbocycles. The van der Waals surface area contributed by atoms with Crippen molar-refractivity contribution in [1.82, 2.24) is 20.5 Å². The minimum absolute atomic E-state index is 0.103. The Bertz CT molecular complexity index is 712. The average Bonchev–Trinajstić information content (AvgIpc) is 3.09. The van der Waals surface area contributed by atoms with Crippen molar-refractivity contribution in [2.75, 3.05) is 27.2 Å². The lowest BCUT2D eigenvalue weighted by Gasteiger charge is -2.10. The summed E-state index contributed by atoms with van der Waals surface area (Å²) in [5, 5.41) is 8.09. The molecule has 134 valence electrons. The second-order valence-corrected chi connectivity index (χ2v) is 6.71. The summed E-state index contributed by atoms with van der Waals surface area (Å²) in [6, 6.07) is 7.16. The maximum absolute atomic E-state index is 12.0. The van der Waals surface area contributed by atoms with Crippen LogP contribution in [0.15, 0.2) is 29.6 Å². The SMILES string of the molecule is CN(C)CCNC(=O)c1ccc(CNC(=O)c2csc(CN)n2)cc1. The van der Waals surface area contributed by atoms with E-state index in [9.17, 15) is 9.59 Å². The van der Waals surface area contributed by atoms with Gasteiger partial charge in [-0.05, 0) is 31.8 Å². The Balaban J connectivity index is 1.83. The number of rotatable bonds is 8. The van der Waals surface area contributed by atoms with Gasteiger partial charge in [-0.15, -0.1) is 11.3 Å². The number of thiazole rings is 1. The summed E-state index contributed by atoms with van der Waals surface area (Å²) in [5.41, 5.74) is 7.38. The normalized spacial score (nSPS) is 10.7. The van der Waals surface area contributed by atoms with E-state index in [4.69, 9.17) is 5.73 Å². The van der Waals surface area contributed by atoms with Crippen molar-refractivity contribution in [3.63, 3.8) is 0 Å². The van der Waals surface area contributed by atoms with E-state index in [2.05, 4.69) is 15.6 Å². The Kier molecular flexibility index (Phi) is 7.05. The molecule has 0 unspecified atom stereocenters. The summed E-state index contributed by atoms with van der Waals surface area (Å²) in [5.74, 6) is -0.337. The molecule has 2 amide bonds. The van der Waals surface area contributed by atoms with Crippen LogP contribution in [0.3, 0.4) is 0 Å². The topological polar surface area (TPSA) is 100 Å². The maximum Gasteiger partial charge on any atom is 0.271 e. The number of likely N-dealkylation sites (N-methyl/N-ethyl adjacent to an activating group) is 1. The zero-order valence-corrected chi connectivity index (χ0v) is 15.2. The van der Waals surface area contributed by atoms with Crippen LogP contribution in [-0.2, 0) is 13.1 Å². The van der Waals surface area contributed by atoms with Crippen molar-refractivity contribution < 1.29 is 9.59 Å². The first-order valence-corrected chi connectivity index (χ1v) is 8.82. The second kappa shape index (κ2) is 9.26. The minimum atomic E-state index is -0.235. The highest BCUT2D eigenvalue weighted by Gasteiger charge is 2.10. The highest BCUT2D eigenvalue weighted by molar-refractivity contribution is 7.09. The molecule has 2 aromatic rings. The summed E-state index contributed by atoms with van der Waals surface area (Å²) >= 11 is 1.37. The van der Waals surface area contributed by atoms with E-state index in [0.29, 0.717) is 30.9 Å². The lowest BCUT2D eigenvalue weighted by atomic mass is 10.1. The van der Waals surface area contributed by atoms with Gasteiger partial charge in [-0.3, -0.25) is 9.59 Å². The molecule has 8 heteroatoms. The van der Waals surface area contributed by atoms with Gasteiger partial charge in [0.15, 0.2) is 0 Å². The average molecular weight is 361 g/mol. The third-order valence-electron chi connectivity index (χ3n) is 3.47. The lowest BCUT2D eigenvalue weighted by molar-refractivity contribution is 0.0939. The Labute approximate surface area is 151 Å². The summed E-state index contributed by atoms with van der Waals surface area (Å²) in [6.45, 7) is 2.09. The summed E-state index contributed by atoms with van der Waals surface area (Å²) in [6.07, 6.45) is 0. The van der Waals surface area contributed by atoms with Gasteiger partial charge in [0.05, 0.1) is 0 Å². The number of carbonyl (C=O) groups excluding carboxylic acids is 2. The molecular weight excluding hydrogens is 338 g/mol. The van der Waals surface area contributed by atoms with E-state index in [-0.39, 0.29) is 11.8 Å². The van der Waals surface area contributed by atoms with Crippen LogP contribution in [0.25, 0.3) is 0 Å². The third-order valence-corrected chi connectivity index (χ3v) is 4.34. The first kappa shape index (κ1) is 19.0. The molecular formula is C17H23N5O2S. The molecule has 4 N–H and O–H groups in total. The summed E-state index contributed by atoms with van der Waals surface area (Å²) in [4.78, 5) is 30.2. The van der Waals surface area contributed by atoms with Crippen molar-refractivity contribution in [1.29, 1.82) is 0 Å². The van der Waals surface area contributed by atoms with Crippen molar-refractivity contribution >= 4 is 23.2 Å². The molecule has 1 heterocycles. The number of carbonyl (C=O) groups is 2. The second-order valence-electron chi connectivity index (χ2n) is 5.77. The quantitative estimate of drug-likeness (QED) is 0.646. The van der Waals surface area contributed by atoms with E-state index in [1.807, 2.05) is 31.1 Å². The van der Waals surface area contributed by atoms with Crippen molar-refractivity contribution in [3.8, 4) is 0 Å². The van der Waals surface area contributed by atoms with Gasteiger partial charge in [-0.1, -0.05) is 12.1 Å². The molecule has 0 spiro atoms. The highest BCUT2D eigenvalue weighted by Crippen LogP contribution is 2.09. The Morgan fingerprint density at radius 1 is 1.16 bits per heavy atom. The number of benzene rings is 1. The summed E-state index contributed by atoms with van der Waals surface area (Å²) in [7, 11) is 3.91. The predicted octanol–water partition coefficient (Wildman–Crippen LogP) is 0.823. The molecule has 0 atom stereocenters. The molecule has 1 aromatic heterocycles. The third kappa shape index (κ3) is 5.93. The molecule has 0 radical (unpaired) electrons. The van der Waals surface area contributed by atoms with Gasteiger partial charge in [0, 0.05) is 37.1 Å². The minimum Gasteiger partial charge on any atom is -0.351 e. The number of nitrogens with zero attached hydrogens (tertiary/aromatic N) is 2.